The first-order valence-corrected chi connectivity index (χ1v) is 8.52. The number of nitrogens with zero attached hydrogens (tertiary/aromatic N) is 3. The lowest BCUT2D eigenvalue weighted by Gasteiger charge is -2.25. The molecule has 3 rings (SSSR count). The maximum atomic E-state index is 11.9. The Morgan fingerprint density at radius 3 is 2.62 bits per heavy atom. The molecule has 8 heteroatoms. The maximum absolute atomic E-state index is 11.9. The van der Waals surface area contributed by atoms with Crippen molar-refractivity contribution in [3.8, 4) is 0 Å². The number of nitro groups is 1. The zero-order valence-electron chi connectivity index (χ0n) is 14.3. The molecule has 0 unspecified atom stereocenters. The number of amides is 1. The number of furan rings is 1. The number of non-ortho nitro benzene ring substituents is 1. The number of carbonyl (C=O) groups is 1. The standard InChI is InChI=1S/C18H20N4O4/c23-17(12-14-4-6-15(7-5-14)22(24)25)20-19-13-16-8-9-18(26-16)21-10-2-1-3-11-21/h4-9,13H,1-3,10-12H2,(H,20,23)/b19-13-. The molecule has 0 aliphatic carbocycles. The van der Waals surface area contributed by atoms with E-state index in [0.717, 1.165) is 19.0 Å². The number of hydrogen-bond acceptors (Lipinski definition) is 6. The summed E-state index contributed by atoms with van der Waals surface area (Å²) >= 11 is 0. The molecule has 0 saturated carbocycles. The molecule has 1 fully saturated rings. The van der Waals surface area contributed by atoms with Gasteiger partial charge in [-0.3, -0.25) is 14.9 Å². The molecule has 2 heterocycles. The Kier molecular flexibility index (Phi) is 5.62. The largest absolute Gasteiger partial charge is 0.440 e. The minimum atomic E-state index is -0.477. The van der Waals surface area contributed by atoms with Gasteiger partial charge in [0, 0.05) is 31.3 Å². The number of hydrazone groups is 1. The number of hydrogen-bond donors (Lipinski definition) is 1. The Morgan fingerprint density at radius 1 is 1.19 bits per heavy atom. The van der Waals surface area contributed by atoms with E-state index in [1.54, 1.807) is 12.1 Å². The van der Waals surface area contributed by atoms with Crippen LogP contribution in [0.2, 0.25) is 0 Å². The highest BCUT2D eigenvalue weighted by Gasteiger charge is 2.13. The third-order valence-electron chi connectivity index (χ3n) is 4.17. The summed E-state index contributed by atoms with van der Waals surface area (Å²) in [5, 5.41) is 14.5. The number of nitro benzene ring substituents is 1. The summed E-state index contributed by atoms with van der Waals surface area (Å²) in [6.45, 7) is 1.99. The van der Waals surface area contributed by atoms with Crippen molar-refractivity contribution in [3.63, 3.8) is 0 Å². The molecule has 1 N–H and O–H groups in total. The zero-order chi connectivity index (χ0) is 18.4. The quantitative estimate of drug-likeness (QED) is 0.487. The first-order valence-electron chi connectivity index (χ1n) is 8.52. The van der Waals surface area contributed by atoms with Crippen LogP contribution in [0.4, 0.5) is 11.6 Å². The summed E-state index contributed by atoms with van der Waals surface area (Å²) in [6.07, 6.45) is 5.14. The number of benzene rings is 1. The van der Waals surface area contributed by atoms with Gasteiger partial charge in [0.05, 0.1) is 17.6 Å². The molecule has 0 atom stereocenters. The zero-order valence-corrected chi connectivity index (χ0v) is 14.3. The first-order chi connectivity index (χ1) is 12.6. The van der Waals surface area contributed by atoms with E-state index in [4.69, 9.17) is 4.42 Å². The number of nitrogens with one attached hydrogen (secondary N) is 1. The molecule has 1 saturated heterocycles. The average molecular weight is 356 g/mol. The van der Waals surface area contributed by atoms with Crippen molar-refractivity contribution in [2.24, 2.45) is 5.10 Å². The third kappa shape index (κ3) is 4.69. The average Bonchev–Trinajstić information content (AvgIpc) is 3.12. The van der Waals surface area contributed by atoms with Gasteiger partial charge in [0.1, 0.15) is 5.76 Å². The van der Waals surface area contributed by atoms with Crippen molar-refractivity contribution < 1.29 is 14.1 Å². The van der Waals surface area contributed by atoms with E-state index in [9.17, 15) is 14.9 Å². The second kappa shape index (κ2) is 8.28. The predicted octanol–water partition coefficient (Wildman–Crippen LogP) is 2.87. The SMILES string of the molecule is O=C(Cc1ccc([N+](=O)[O-])cc1)N/N=C\c1ccc(N2CCCCC2)o1. The molecule has 1 aliphatic rings. The molecular formula is C18H20N4O4. The fraction of sp³-hybridized carbons (Fsp3) is 0.333. The molecule has 26 heavy (non-hydrogen) atoms. The summed E-state index contributed by atoms with van der Waals surface area (Å²) in [5.41, 5.74) is 3.10. The smallest absolute Gasteiger partial charge is 0.269 e. The van der Waals surface area contributed by atoms with Crippen LogP contribution in [0.3, 0.4) is 0 Å². The Morgan fingerprint density at radius 2 is 1.92 bits per heavy atom. The van der Waals surface area contributed by atoms with Crippen molar-refractivity contribution in [1.82, 2.24) is 5.43 Å². The van der Waals surface area contributed by atoms with Crippen LogP contribution in [0.5, 0.6) is 0 Å². The van der Waals surface area contributed by atoms with Crippen LogP contribution in [0.25, 0.3) is 0 Å². The summed E-state index contributed by atoms with van der Waals surface area (Å²) in [6, 6.07) is 9.58. The van der Waals surface area contributed by atoms with Crippen molar-refractivity contribution in [3.05, 3.63) is 57.8 Å². The van der Waals surface area contributed by atoms with Gasteiger partial charge in [0.15, 0.2) is 5.88 Å². The van der Waals surface area contributed by atoms with Gasteiger partial charge in [0.25, 0.3) is 5.69 Å². The van der Waals surface area contributed by atoms with E-state index >= 15 is 0 Å². The Bertz CT molecular complexity index is 792. The van der Waals surface area contributed by atoms with Crippen LogP contribution in [0.1, 0.15) is 30.6 Å². The van der Waals surface area contributed by atoms with Gasteiger partial charge >= 0.3 is 0 Å². The Hall–Kier alpha value is -3.16. The van der Waals surface area contributed by atoms with Crippen molar-refractivity contribution in [1.29, 1.82) is 0 Å². The molecule has 1 aromatic heterocycles. The van der Waals surface area contributed by atoms with Gasteiger partial charge in [-0.15, -0.1) is 0 Å². The van der Waals surface area contributed by atoms with Gasteiger partial charge < -0.3 is 9.32 Å². The lowest BCUT2D eigenvalue weighted by Crippen LogP contribution is -2.28. The van der Waals surface area contributed by atoms with Gasteiger partial charge in [-0.2, -0.15) is 5.10 Å². The molecule has 1 aliphatic heterocycles. The van der Waals surface area contributed by atoms with Crippen molar-refractivity contribution >= 4 is 23.7 Å². The van der Waals surface area contributed by atoms with E-state index < -0.39 is 4.92 Å². The highest BCUT2D eigenvalue weighted by atomic mass is 16.6. The molecule has 8 nitrogen and oxygen atoms in total. The monoisotopic (exact) mass is 356 g/mol. The molecule has 0 bridgehead atoms. The normalized spacial score (nSPS) is 14.5. The number of anilines is 1. The fourth-order valence-corrected chi connectivity index (χ4v) is 2.82. The highest BCUT2D eigenvalue weighted by molar-refractivity contribution is 5.82. The van der Waals surface area contributed by atoms with Crippen LogP contribution < -0.4 is 10.3 Å². The molecule has 136 valence electrons. The third-order valence-corrected chi connectivity index (χ3v) is 4.17. The molecular weight excluding hydrogens is 336 g/mol. The summed E-state index contributed by atoms with van der Waals surface area (Å²) in [4.78, 5) is 24.2. The number of carbonyl (C=O) groups excluding carboxylic acids is 1. The summed E-state index contributed by atoms with van der Waals surface area (Å²) < 4.78 is 5.72. The van der Waals surface area contributed by atoms with Crippen LogP contribution in [-0.4, -0.2) is 30.1 Å². The van der Waals surface area contributed by atoms with E-state index in [1.807, 2.05) is 12.1 Å². The van der Waals surface area contributed by atoms with E-state index in [1.165, 1.54) is 37.6 Å². The highest BCUT2D eigenvalue weighted by Crippen LogP contribution is 2.21. The van der Waals surface area contributed by atoms with Crippen LogP contribution >= 0.6 is 0 Å². The van der Waals surface area contributed by atoms with Crippen LogP contribution in [0, 0.1) is 10.1 Å². The van der Waals surface area contributed by atoms with Gasteiger partial charge in [-0.25, -0.2) is 5.43 Å². The van der Waals surface area contributed by atoms with Crippen LogP contribution in [-0.2, 0) is 11.2 Å². The maximum Gasteiger partial charge on any atom is 0.269 e. The van der Waals surface area contributed by atoms with Crippen molar-refractivity contribution in [2.45, 2.75) is 25.7 Å². The van der Waals surface area contributed by atoms with Gasteiger partial charge in [-0.05, 0) is 30.9 Å². The van der Waals surface area contributed by atoms with Gasteiger partial charge in [-0.1, -0.05) is 12.1 Å². The van der Waals surface area contributed by atoms with Crippen LogP contribution in [0.15, 0.2) is 45.9 Å². The Labute approximate surface area is 150 Å². The number of piperidine rings is 1. The molecule has 0 radical (unpaired) electrons. The first kappa shape index (κ1) is 17.7. The lowest BCUT2D eigenvalue weighted by atomic mass is 10.1. The number of rotatable bonds is 6. The lowest BCUT2D eigenvalue weighted by molar-refractivity contribution is -0.384. The molecule has 2 aromatic rings. The summed E-state index contributed by atoms with van der Waals surface area (Å²) in [7, 11) is 0. The summed E-state index contributed by atoms with van der Waals surface area (Å²) in [5.74, 6) is 1.09. The second-order valence-electron chi connectivity index (χ2n) is 6.12. The molecule has 0 spiro atoms. The van der Waals surface area contributed by atoms with Crippen molar-refractivity contribution in [2.75, 3.05) is 18.0 Å². The minimum absolute atomic E-state index is 0.00509. The molecule has 1 aromatic carbocycles. The van der Waals surface area contributed by atoms with E-state index in [-0.39, 0.29) is 18.0 Å². The topological polar surface area (TPSA) is 101 Å². The molecule has 1 amide bonds. The Balaban J connectivity index is 1.49. The fourth-order valence-electron chi connectivity index (χ4n) is 2.82. The van der Waals surface area contributed by atoms with E-state index in [0.29, 0.717) is 11.3 Å². The second-order valence-corrected chi connectivity index (χ2v) is 6.12. The van der Waals surface area contributed by atoms with Gasteiger partial charge in [0.2, 0.25) is 5.91 Å². The minimum Gasteiger partial charge on any atom is -0.440 e. The predicted molar refractivity (Wildman–Crippen MR) is 97.3 cm³/mol. The van der Waals surface area contributed by atoms with E-state index in [2.05, 4.69) is 15.4 Å².